The van der Waals surface area contributed by atoms with E-state index < -0.39 is 10.0 Å². The van der Waals surface area contributed by atoms with Gasteiger partial charge >= 0.3 is 0 Å². The summed E-state index contributed by atoms with van der Waals surface area (Å²) in [5.74, 6) is 0. The van der Waals surface area contributed by atoms with Crippen molar-refractivity contribution >= 4 is 27.3 Å². The Labute approximate surface area is 112 Å². The zero-order chi connectivity index (χ0) is 13.9. The molecule has 0 aromatic heterocycles. The first kappa shape index (κ1) is 15.2. The van der Waals surface area contributed by atoms with Gasteiger partial charge < -0.3 is 10.8 Å². The summed E-state index contributed by atoms with van der Waals surface area (Å²) in [5, 5.41) is 9.04. The molecule has 0 aliphatic rings. The molecule has 1 atom stereocenters. The van der Waals surface area contributed by atoms with Gasteiger partial charge in [0.1, 0.15) is 0 Å². The van der Waals surface area contributed by atoms with E-state index in [2.05, 4.69) is 4.72 Å². The normalized spacial score (nSPS) is 13.6. The zero-order valence-corrected chi connectivity index (χ0v) is 11.8. The van der Waals surface area contributed by atoms with Crippen molar-refractivity contribution in [3.63, 3.8) is 0 Å². The quantitative estimate of drug-likeness (QED) is 0.713. The third-order valence-electron chi connectivity index (χ3n) is 2.57. The van der Waals surface area contributed by atoms with E-state index in [4.69, 9.17) is 22.4 Å². The topological polar surface area (TPSA) is 92.4 Å². The average molecular weight is 293 g/mol. The summed E-state index contributed by atoms with van der Waals surface area (Å²) in [6.45, 7) is 3.22. The number of hydrogen-bond donors (Lipinski definition) is 3. The minimum absolute atomic E-state index is 0.0669. The van der Waals surface area contributed by atoms with Gasteiger partial charge in [0.25, 0.3) is 0 Å². The Morgan fingerprint density at radius 3 is 2.67 bits per heavy atom. The molecule has 1 rings (SSSR count). The number of nitrogens with two attached hydrogens (primary N) is 1. The molecule has 102 valence electrons. The molecule has 1 aromatic rings. The molecular weight excluding hydrogens is 276 g/mol. The van der Waals surface area contributed by atoms with Crippen molar-refractivity contribution in [2.24, 2.45) is 0 Å². The van der Waals surface area contributed by atoms with E-state index in [-0.39, 0.29) is 22.6 Å². The van der Waals surface area contributed by atoms with Crippen LogP contribution in [0.1, 0.15) is 18.9 Å². The highest BCUT2D eigenvalue weighted by Crippen LogP contribution is 2.26. The molecule has 0 aliphatic carbocycles. The minimum Gasteiger partial charge on any atom is -0.398 e. The first-order valence-electron chi connectivity index (χ1n) is 5.46. The van der Waals surface area contributed by atoms with Gasteiger partial charge in [0.15, 0.2) is 0 Å². The predicted octanol–water partition coefficient (Wildman–Crippen LogP) is 1.28. The fraction of sp³-hybridized carbons (Fsp3) is 0.455. The third-order valence-corrected chi connectivity index (χ3v) is 4.51. The number of aliphatic hydroxyl groups excluding tert-OH is 1. The summed E-state index contributed by atoms with van der Waals surface area (Å²) in [7, 11) is -3.68. The van der Waals surface area contributed by atoms with Gasteiger partial charge in [-0.25, -0.2) is 13.1 Å². The molecule has 0 heterocycles. The van der Waals surface area contributed by atoms with Crippen LogP contribution in [0.25, 0.3) is 0 Å². The van der Waals surface area contributed by atoms with E-state index in [1.807, 2.05) is 0 Å². The van der Waals surface area contributed by atoms with E-state index in [1.165, 1.54) is 12.1 Å². The zero-order valence-electron chi connectivity index (χ0n) is 10.3. The summed E-state index contributed by atoms with van der Waals surface area (Å²) in [6, 6.07) is 2.51. The second-order valence-corrected chi connectivity index (χ2v) is 6.27. The van der Waals surface area contributed by atoms with Gasteiger partial charge in [0.05, 0.1) is 4.90 Å². The fourth-order valence-electron chi connectivity index (χ4n) is 1.53. The van der Waals surface area contributed by atoms with E-state index in [9.17, 15) is 8.42 Å². The maximum Gasteiger partial charge on any atom is 0.241 e. The molecule has 0 fully saturated rings. The van der Waals surface area contributed by atoms with Crippen LogP contribution in [0, 0.1) is 6.92 Å². The highest BCUT2D eigenvalue weighted by molar-refractivity contribution is 7.89. The molecule has 0 spiro atoms. The molecule has 0 aliphatic heterocycles. The predicted molar refractivity (Wildman–Crippen MR) is 72.1 cm³/mol. The Kier molecular flexibility index (Phi) is 4.98. The number of anilines is 1. The smallest absolute Gasteiger partial charge is 0.241 e. The van der Waals surface area contributed by atoms with Crippen LogP contribution in [0.15, 0.2) is 17.0 Å². The van der Waals surface area contributed by atoms with Gasteiger partial charge in [-0.3, -0.25) is 0 Å². The summed E-state index contributed by atoms with van der Waals surface area (Å²) >= 11 is 5.81. The molecule has 18 heavy (non-hydrogen) atoms. The molecule has 0 radical (unpaired) electrons. The Morgan fingerprint density at radius 1 is 1.50 bits per heavy atom. The van der Waals surface area contributed by atoms with Crippen molar-refractivity contribution in [1.82, 2.24) is 4.72 Å². The van der Waals surface area contributed by atoms with Gasteiger partial charge in [0, 0.05) is 23.4 Å². The van der Waals surface area contributed by atoms with Crippen molar-refractivity contribution in [3.05, 3.63) is 22.7 Å². The van der Waals surface area contributed by atoms with Crippen LogP contribution in [0.2, 0.25) is 5.02 Å². The molecule has 1 unspecified atom stereocenters. The first-order chi connectivity index (χ1) is 8.27. The Balaban J connectivity index is 3.13. The average Bonchev–Trinajstić information content (AvgIpc) is 2.22. The Hall–Kier alpha value is -0.820. The number of halogens is 1. The number of rotatable bonds is 5. The highest BCUT2D eigenvalue weighted by atomic mass is 35.5. The second-order valence-electron chi connectivity index (χ2n) is 4.15. The lowest BCUT2D eigenvalue weighted by molar-refractivity contribution is 0.275. The number of nitrogens with one attached hydrogen (secondary N) is 1. The molecular formula is C11H17ClN2O3S. The summed E-state index contributed by atoms with van der Waals surface area (Å²) in [4.78, 5) is 0.0669. The van der Waals surface area contributed by atoms with E-state index >= 15 is 0 Å². The van der Waals surface area contributed by atoms with E-state index in [0.29, 0.717) is 17.7 Å². The number of aliphatic hydroxyl groups is 1. The van der Waals surface area contributed by atoms with E-state index in [1.54, 1.807) is 13.8 Å². The number of sulfonamides is 1. The molecule has 7 heteroatoms. The van der Waals surface area contributed by atoms with Gasteiger partial charge in [-0.15, -0.1) is 0 Å². The Bertz CT molecular complexity index is 531. The standard InChI is InChI=1S/C11H17ClN2O3S/c1-7(3-4-15)14-18(16,17)11-6-9(12)5-10(13)8(11)2/h5-7,14-15H,3-4,13H2,1-2H3. The molecule has 0 saturated carbocycles. The van der Waals surface area contributed by atoms with Crippen molar-refractivity contribution in [2.45, 2.75) is 31.2 Å². The summed E-state index contributed by atoms with van der Waals surface area (Å²) < 4.78 is 26.7. The summed E-state index contributed by atoms with van der Waals surface area (Å²) in [6.07, 6.45) is 0.342. The van der Waals surface area contributed by atoms with Crippen molar-refractivity contribution in [3.8, 4) is 0 Å². The van der Waals surface area contributed by atoms with Gasteiger partial charge in [-0.1, -0.05) is 11.6 Å². The lowest BCUT2D eigenvalue weighted by Crippen LogP contribution is -2.33. The number of benzene rings is 1. The third kappa shape index (κ3) is 3.58. The molecule has 5 nitrogen and oxygen atoms in total. The van der Waals surface area contributed by atoms with Gasteiger partial charge in [-0.2, -0.15) is 0 Å². The van der Waals surface area contributed by atoms with Crippen LogP contribution < -0.4 is 10.5 Å². The first-order valence-corrected chi connectivity index (χ1v) is 7.33. The maximum absolute atomic E-state index is 12.1. The van der Waals surface area contributed by atoms with E-state index in [0.717, 1.165) is 0 Å². The van der Waals surface area contributed by atoms with Crippen LogP contribution in [-0.2, 0) is 10.0 Å². The van der Waals surface area contributed by atoms with Crippen LogP contribution in [0.4, 0.5) is 5.69 Å². The van der Waals surface area contributed by atoms with Crippen LogP contribution in [-0.4, -0.2) is 26.2 Å². The molecule has 0 bridgehead atoms. The maximum atomic E-state index is 12.1. The molecule has 1 aromatic carbocycles. The van der Waals surface area contributed by atoms with Gasteiger partial charge in [-0.05, 0) is 38.0 Å². The molecule has 0 amide bonds. The van der Waals surface area contributed by atoms with Crippen molar-refractivity contribution in [1.29, 1.82) is 0 Å². The number of hydrogen-bond acceptors (Lipinski definition) is 4. The largest absolute Gasteiger partial charge is 0.398 e. The Morgan fingerprint density at radius 2 is 2.11 bits per heavy atom. The number of nitrogen functional groups attached to an aromatic ring is 1. The lowest BCUT2D eigenvalue weighted by Gasteiger charge is -2.15. The molecule has 0 saturated heterocycles. The van der Waals surface area contributed by atoms with Crippen molar-refractivity contribution in [2.75, 3.05) is 12.3 Å². The monoisotopic (exact) mass is 292 g/mol. The second kappa shape index (κ2) is 5.88. The fourth-order valence-corrected chi connectivity index (χ4v) is 3.40. The van der Waals surface area contributed by atoms with Crippen molar-refractivity contribution < 1.29 is 13.5 Å². The van der Waals surface area contributed by atoms with Gasteiger partial charge in [0.2, 0.25) is 10.0 Å². The summed E-state index contributed by atoms with van der Waals surface area (Å²) in [5.41, 5.74) is 6.48. The lowest BCUT2D eigenvalue weighted by atomic mass is 10.2. The molecule has 4 N–H and O–H groups in total. The van der Waals surface area contributed by atoms with Crippen LogP contribution in [0.3, 0.4) is 0 Å². The SMILES string of the molecule is Cc1c(N)cc(Cl)cc1S(=O)(=O)NC(C)CCO. The highest BCUT2D eigenvalue weighted by Gasteiger charge is 2.21. The van der Waals surface area contributed by atoms with Crippen LogP contribution >= 0.6 is 11.6 Å². The van der Waals surface area contributed by atoms with Crippen LogP contribution in [0.5, 0.6) is 0 Å². The minimum atomic E-state index is -3.68.